The zero-order valence-electron chi connectivity index (χ0n) is 17.5. The first-order chi connectivity index (χ1) is 13.9. The second kappa shape index (κ2) is 7.47. The van der Waals surface area contributed by atoms with E-state index in [2.05, 4.69) is 43.2 Å². The summed E-state index contributed by atoms with van der Waals surface area (Å²) >= 11 is 0. The molecule has 1 aliphatic carbocycles. The Bertz CT molecular complexity index is 1150. The molecule has 150 valence electrons. The summed E-state index contributed by atoms with van der Waals surface area (Å²) in [6.45, 7) is 6.31. The van der Waals surface area contributed by atoms with E-state index < -0.39 is 0 Å². The van der Waals surface area contributed by atoms with Crippen LogP contribution in [0.4, 0.5) is 5.82 Å². The van der Waals surface area contributed by atoms with E-state index >= 15 is 0 Å². The van der Waals surface area contributed by atoms with Gasteiger partial charge in [-0.2, -0.15) is 0 Å². The van der Waals surface area contributed by atoms with Crippen LogP contribution in [0.2, 0.25) is 0 Å². The van der Waals surface area contributed by atoms with Crippen LogP contribution in [0.5, 0.6) is 0 Å². The molecule has 1 aliphatic rings. The average Bonchev–Trinajstić information content (AvgIpc) is 3.51. The average molecular weight is 389 g/mol. The predicted molar refractivity (Wildman–Crippen MR) is 117 cm³/mol. The van der Waals surface area contributed by atoms with Gasteiger partial charge in [0.05, 0.1) is 5.52 Å². The molecule has 2 heterocycles. The van der Waals surface area contributed by atoms with Gasteiger partial charge < -0.3 is 9.88 Å². The Kier molecular flexibility index (Phi) is 4.99. The summed E-state index contributed by atoms with van der Waals surface area (Å²) in [5.74, 6) is 0.616. The molecule has 0 unspecified atom stereocenters. The van der Waals surface area contributed by atoms with Crippen LogP contribution in [-0.4, -0.2) is 15.5 Å². The van der Waals surface area contributed by atoms with Gasteiger partial charge in [0.25, 0.3) is 5.56 Å². The SMILES string of the molecule is CCCc1cc(C)c(-c2cc3cnc(NC(=O)C4CC4)cc3n(C)c2=O)c(C)c1. The lowest BCUT2D eigenvalue weighted by atomic mass is 9.92. The van der Waals surface area contributed by atoms with Crippen molar-refractivity contribution in [2.45, 2.75) is 46.5 Å². The molecule has 1 amide bonds. The molecule has 4 rings (SSSR count). The molecule has 0 radical (unpaired) electrons. The fraction of sp³-hybridized carbons (Fsp3) is 0.375. The number of hydrogen-bond donors (Lipinski definition) is 1. The molecule has 1 saturated carbocycles. The zero-order chi connectivity index (χ0) is 20.7. The van der Waals surface area contributed by atoms with Gasteiger partial charge in [0.1, 0.15) is 5.82 Å². The number of aromatic nitrogens is 2. The first-order valence-corrected chi connectivity index (χ1v) is 10.3. The second-order valence-electron chi connectivity index (χ2n) is 8.17. The maximum atomic E-state index is 13.2. The van der Waals surface area contributed by atoms with Crippen LogP contribution in [-0.2, 0) is 18.3 Å². The second-order valence-corrected chi connectivity index (χ2v) is 8.17. The number of amides is 1. The number of rotatable bonds is 5. The molecule has 0 saturated heterocycles. The largest absolute Gasteiger partial charge is 0.311 e. The standard InChI is InChI=1S/C24H27N3O2/c1-5-6-16-9-14(2)22(15(3)10-16)19-11-18-13-25-21(26-23(28)17-7-8-17)12-20(18)27(4)24(19)29/h9-13,17H,5-8H2,1-4H3,(H,25,26,28). The number of pyridine rings is 2. The molecule has 1 N–H and O–H groups in total. The number of hydrogen-bond acceptors (Lipinski definition) is 3. The third-order valence-corrected chi connectivity index (χ3v) is 5.71. The van der Waals surface area contributed by atoms with Crippen molar-refractivity contribution in [3.63, 3.8) is 0 Å². The van der Waals surface area contributed by atoms with Gasteiger partial charge in [0.2, 0.25) is 5.91 Å². The third-order valence-electron chi connectivity index (χ3n) is 5.71. The number of benzene rings is 1. The summed E-state index contributed by atoms with van der Waals surface area (Å²) in [5, 5.41) is 3.74. The smallest absolute Gasteiger partial charge is 0.258 e. The van der Waals surface area contributed by atoms with E-state index in [9.17, 15) is 9.59 Å². The number of carbonyl (C=O) groups excluding carboxylic acids is 1. The third kappa shape index (κ3) is 3.69. The molecule has 3 aromatic rings. The Morgan fingerprint density at radius 3 is 2.48 bits per heavy atom. The minimum Gasteiger partial charge on any atom is -0.311 e. The Morgan fingerprint density at radius 1 is 1.17 bits per heavy atom. The number of nitrogens with one attached hydrogen (secondary N) is 1. The fourth-order valence-electron chi connectivity index (χ4n) is 4.10. The predicted octanol–water partition coefficient (Wildman–Crippen LogP) is 4.52. The van der Waals surface area contributed by atoms with Gasteiger partial charge in [-0.3, -0.25) is 9.59 Å². The Morgan fingerprint density at radius 2 is 1.86 bits per heavy atom. The number of nitrogens with zero attached hydrogens (tertiary/aromatic N) is 2. The van der Waals surface area contributed by atoms with Crippen LogP contribution in [0.3, 0.4) is 0 Å². The number of carbonyl (C=O) groups is 1. The fourth-order valence-corrected chi connectivity index (χ4v) is 4.10. The molecule has 0 aliphatic heterocycles. The quantitative estimate of drug-likeness (QED) is 0.698. The maximum Gasteiger partial charge on any atom is 0.258 e. The van der Waals surface area contributed by atoms with Gasteiger partial charge in [-0.1, -0.05) is 25.5 Å². The van der Waals surface area contributed by atoms with Gasteiger partial charge in [-0.25, -0.2) is 4.98 Å². The molecule has 2 aromatic heterocycles. The summed E-state index contributed by atoms with van der Waals surface area (Å²) < 4.78 is 1.65. The highest BCUT2D eigenvalue weighted by atomic mass is 16.2. The summed E-state index contributed by atoms with van der Waals surface area (Å²) in [6.07, 6.45) is 5.75. The zero-order valence-corrected chi connectivity index (χ0v) is 17.5. The Labute approximate surface area is 170 Å². The molecule has 0 atom stereocenters. The molecule has 29 heavy (non-hydrogen) atoms. The molecule has 1 fully saturated rings. The highest BCUT2D eigenvalue weighted by molar-refractivity contribution is 5.95. The van der Waals surface area contributed by atoms with Gasteiger partial charge in [0, 0.05) is 36.2 Å². The maximum absolute atomic E-state index is 13.2. The van der Waals surface area contributed by atoms with Crippen molar-refractivity contribution in [2.75, 3.05) is 5.32 Å². The van der Waals surface area contributed by atoms with E-state index in [1.165, 1.54) is 5.56 Å². The van der Waals surface area contributed by atoms with Crippen molar-refractivity contribution in [3.05, 3.63) is 57.5 Å². The minimum atomic E-state index is -0.0439. The lowest BCUT2D eigenvalue weighted by Crippen LogP contribution is -2.20. The summed E-state index contributed by atoms with van der Waals surface area (Å²) in [7, 11) is 1.77. The van der Waals surface area contributed by atoms with Crippen molar-refractivity contribution in [1.29, 1.82) is 0 Å². The number of fused-ring (bicyclic) bond motifs is 1. The van der Waals surface area contributed by atoms with Crippen LogP contribution in [0.25, 0.3) is 22.0 Å². The van der Waals surface area contributed by atoms with Crippen LogP contribution >= 0.6 is 0 Å². The summed E-state index contributed by atoms with van der Waals surface area (Å²) in [5.41, 5.74) is 5.95. The van der Waals surface area contributed by atoms with Gasteiger partial charge >= 0.3 is 0 Å². The molecular weight excluding hydrogens is 362 g/mol. The molecule has 0 bridgehead atoms. The molecule has 1 aromatic carbocycles. The minimum absolute atomic E-state index is 0.0110. The van der Waals surface area contributed by atoms with E-state index in [4.69, 9.17) is 0 Å². The van der Waals surface area contributed by atoms with Crippen LogP contribution in [0.1, 0.15) is 42.9 Å². The molecule has 0 spiro atoms. The number of aryl methyl sites for hydroxylation is 4. The Balaban J connectivity index is 1.80. The van der Waals surface area contributed by atoms with E-state index in [0.717, 1.165) is 53.3 Å². The van der Waals surface area contributed by atoms with Gasteiger partial charge in [-0.05, 0) is 61.4 Å². The highest BCUT2D eigenvalue weighted by Gasteiger charge is 2.29. The summed E-state index contributed by atoms with van der Waals surface area (Å²) in [6, 6.07) is 8.07. The first kappa shape index (κ1) is 19.4. The van der Waals surface area contributed by atoms with Crippen molar-refractivity contribution in [1.82, 2.24) is 9.55 Å². The first-order valence-electron chi connectivity index (χ1n) is 10.3. The van der Waals surface area contributed by atoms with E-state index in [1.54, 1.807) is 23.9 Å². The molecule has 5 nitrogen and oxygen atoms in total. The van der Waals surface area contributed by atoms with E-state index in [-0.39, 0.29) is 17.4 Å². The lowest BCUT2D eigenvalue weighted by molar-refractivity contribution is -0.117. The van der Waals surface area contributed by atoms with Crippen LogP contribution in [0.15, 0.2) is 35.3 Å². The highest BCUT2D eigenvalue weighted by Crippen LogP contribution is 2.31. The monoisotopic (exact) mass is 389 g/mol. The van der Waals surface area contributed by atoms with Crippen molar-refractivity contribution >= 4 is 22.6 Å². The van der Waals surface area contributed by atoms with Gasteiger partial charge in [-0.15, -0.1) is 0 Å². The molecular formula is C24H27N3O2. The topological polar surface area (TPSA) is 64.0 Å². The Hall–Kier alpha value is -2.95. The van der Waals surface area contributed by atoms with Crippen LogP contribution < -0.4 is 10.9 Å². The normalized spacial score (nSPS) is 13.7. The van der Waals surface area contributed by atoms with Crippen molar-refractivity contribution in [3.8, 4) is 11.1 Å². The van der Waals surface area contributed by atoms with Crippen molar-refractivity contribution in [2.24, 2.45) is 13.0 Å². The van der Waals surface area contributed by atoms with Crippen molar-refractivity contribution < 1.29 is 4.79 Å². The summed E-state index contributed by atoms with van der Waals surface area (Å²) in [4.78, 5) is 29.6. The lowest BCUT2D eigenvalue weighted by Gasteiger charge is -2.15. The van der Waals surface area contributed by atoms with Gasteiger partial charge in [0.15, 0.2) is 0 Å². The van der Waals surface area contributed by atoms with Crippen LogP contribution in [0, 0.1) is 19.8 Å². The number of anilines is 1. The molecule has 5 heteroatoms. The van der Waals surface area contributed by atoms with E-state index in [1.807, 2.05) is 6.07 Å². The van der Waals surface area contributed by atoms with E-state index in [0.29, 0.717) is 11.4 Å².